The molecule has 4 rings (SSSR count). The minimum atomic E-state index is -0.696. The summed E-state index contributed by atoms with van der Waals surface area (Å²) in [6, 6.07) is 12.6. The van der Waals surface area contributed by atoms with E-state index in [-0.39, 0.29) is 12.5 Å². The van der Waals surface area contributed by atoms with Gasteiger partial charge in [-0.1, -0.05) is 18.2 Å². The highest BCUT2D eigenvalue weighted by Crippen LogP contribution is 2.35. The maximum atomic E-state index is 12.5. The van der Waals surface area contributed by atoms with Gasteiger partial charge in [0.25, 0.3) is 11.8 Å². The Morgan fingerprint density at radius 3 is 2.47 bits per heavy atom. The molecule has 0 unspecified atom stereocenters. The van der Waals surface area contributed by atoms with Crippen LogP contribution in [0.25, 0.3) is 11.6 Å². The summed E-state index contributed by atoms with van der Waals surface area (Å²) in [7, 11) is 0. The van der Waals surface area contributed by atoms with E-state index in [1.165, 1.54) is 12.1 Å². The second-order valence-corrected chi connectivity index (χ2v) is 7.58. The molecule has 2 aromatic carbocycles. The van der Waals surface area contributed by atoms with Crippen LogP contribution in [0.4, 0.5) is 16.2 Å². The first kappa shape index (κ1) is 21.1. The van der Waals surface area contributed by atoms with Crippen molar-refractivity contribution in [3.63, 3.8) is 0 Å². The summed E-state index contributed by atoms with van der Waals surface area (Å²) < 4.78 is 0. The van der Waals surface area contributed by atoms with E-state index in [4.69, 9.17) is 5.11 Å². The van der Waals surface area contributed by atoms with Gasteiger partial charge in [-0.15, -0.1) is 0 Å². The lowest BCUT2D eigenvalue weighted by Crippen LogP contribution is -2.34. The number of aliphatic hydroxyl groups is 1. The summed E-state index contributed by atoms with van der Waals surface area (Å²) >= 11 is 0. The number of amides is 4. The number of aromatic amines is 1. The van der Waals surface area contributed by atoms with Crippen LogP contribution >= 0.6 is 0 Å². The van der Waals surface area contributed by atoms with E-state index in [0.29, 0.717) is 28.1 Å². The van der Waals surface area contributed by atoms with Gasteiger partial charge in [0.2, 0.25) is 0 Å². The first-order valence-electron chi connectivity index (χ1n) is 10.00. The van der Waals surface area contributed by atoms with Crippen LogP contribution in [0, 0.1) is 13.8 Å². The molecule has 0 saturated carbocycles. The molecule has 1 aliphatic heterocycles. The van der Waals surface area contributed by atoms with Crippen molar-refractivity contribution in [3.05, 3.63) is 82.2 Å². The van der Waals surface area contributed by atoms with E-state index in [0.717, 1.165) is 22.5 Å². The number of rotatable bonds is 4. The van der Waals surface area contributed by atoms with Gasteiger partial charge in [-0.05, 0) is 61.4 Å². The van der Waals surface area contributed by atoms with Crippen LogP contribution in [-0.4, -0.2) is 27.9 Å². The molecule has 0 fully saturated rings. The van der Waals surface area contributed by atoms with Crippen LogP contribution in [-0.2, 0) is 11.4 Å². The molecule has 1 aromatic heterocycles. The zero-order valence-electron chi connectivity index (χ0n) is 17.6. The smallest absolute Gasteiger partial charge is 0.326 e. The second kappa shape index (κ2) is 8.52. The maximum Gasteiger partial charge on any atom is 0.326 e. The number of anilines is 2. The number of aryl methyl sites for hydroxylation is 2. The first-order chi connectivity index (χ1) is 15.3. The number of aliphatic hydroxyl groups excluding tert-OH is 1. The minimum absolute atomic E-state index is 0.127. The molecule has 8 nitrogen and oxygen atoms in total. The number of carbonyl (C=O) groups excluding carboxylic acids is 3. The van der Waals surface area contributed by atoms with Gasteiger partial charge in [-0.3, -0.25) is 14.9 Å². The Morgan fingerprint density at radius 2 is 1.81 bits per heavy atom. The van der Waals surface area contributed by atoms with Crippen molar-refractivity contribution in [2.45, 2.75) is 20.5 Å². The number of hydrogen-bond donors (Lipinski definition) is 5. The monoisotopic (exact) mass is 430 g/mol. The molecule has 0 spiro atoms. The number of benzene rings is 2. The molecule has 0 aliphatic carbocycles. The Kier molecular flexibility index (Phi) is 5.61. The Hall–Kier alpha value is -4.17. The number of fused-ring (bicyclic) bond motifs is 1. The van der Waals surface area contributed by atoms with Gasteiger partial charge < -0.3 is 20.7 Å². The largest absolute Gasteiger partial charge is 0.392 e. The van der Waals surface area contributed by atoms with E-state index in [1.807, 2.05) is 26.0 Å². The van der Waals surface area contributed by atoms with Crippen molar-refractivity contribution in [3.8, 4) is 0 Å². The predicted octanol–water partition coefficient (Wildman–Crippen LogP) is 3.58. The molecular formula is C24H22N4O4. The van der Waals surface area contributed by atoms with Crippen LogP contribution in [0.1, 0.15) is 38.4 Å². The number of nitrogens with one attached hydrogen (secondary N) is 4. The number of H-pyrrole nitrogens is 1. The van der Waals surface area contributed by atoms with Crippen LogP contribution in [0.2, 0.25) is 0 Å². The Labute approximate surface area is 184 Å². The Balaban J connectivity index is 1.47. The van der Waals surface area contributed by atoms with Crippen LogP contribution in [0.3, 0.4) is 0 Å². The lowest BCUT2D eigenvalue weighted by Gasteiger charge is -2.08. The average Bonchev–Trinajstić information content (AvgIpc) is 3.25. The number of aromatic nitrogens is 1. The standard InChI is InChI=1S/C24H22N4O4/c1-13-9-14(2)25-20(13)11-19-18-8-7-17(10-21(18)27-23(19)31)26-24(32)28-22(30)16-5-3-15(12-29)4-6-16/h3-11,25,29H,12H2,1-2H3,(H,27,31)(H2,26,28,30,32). The molecule has 2 heterocycles. The third-order valence-corrected chi connectivity index (χ3v) is 5.16. The molecule has 5 N–H and O–H groups in total. The van der Waals surface area contributed by atoms with E-state index in [1.54, 1.807) is 30.3 Å². The van der Waals surface area contributed by atoms with E-state index in [2.05, 4.69) is 20.9 Å². The van der Waals surface area contributed by atoms with Gasteiger partial charge in [0, 0.05) is 28.2 Å². The molecule has 8 heteroatoms. The molecule has 3 aromatic rings. The number of urea groups is 1. The highest BCUT2D eigenvalue weighted by Gasteiger charge is 2.25. The fraction of sp³-hybridized carbons (Fsp3) is 0.125. The first-order valence-corrected chi connectivity index (χ1v) is 10.00. The van der Waals surface area contributed by atoms with E-state index in [9.17, 15) is 14.4 Å². The van der Waals surface area contributed by atoms with Gasteiger partial charge in [-0.25, -0.2) is 4.79 Å². The van der Waals surface area contributed by atoms with Crippen molar-refractivity contribution in [1.82, 2.24) is 10.3 Å². The van der Waals surface area contributed by atoms with Gasteiger partial charge in [0.1, 0.15) is 0 Å². The molecule has 32 heavy (non-hydrogen) atoms. The lowest BCUT2D eigenvalue weighted by atomic mass is 10.0. The third-order valence-electron chi connectivity index (χ3n) is 5.16. The average molecular weight is 430 g/mol. The molecule has 4 amide bonds. The molecular weight excluding hydrogens is 408 g/mol. The third kappa shape index (κ3) is 4.30. The Bertz CT molecular complexity index is 1260. The minimum Gasteiger partial charge on any atom is -0.392 e. The highest BCUT2D eigenvalue weighted by atomic mass is 16.3. The van der Waals surface area contributed by atoms with Gasteiger partial charge in [-0.2, -0.15) is 0 Å². The summed E-state index contributed by atoms with van der Waals surface area (Å²) in [5.74, 6) is -0.793. The number of hydrogen-bond acceptors (Lipinski definition) is 4. The lowest BCUT2D eigenvalue weighted by molar-refractivity contribution is -0.110. The molecule has 162 valence electrons. The normalized spacial score (nSPS) is 13.6. The fourth-order valence-corrected chi connectivity index (χ4v) is 3.56. The van der Waals surface area contributed by atoms with E-state index >= 15 is 0 Å². The van der Waals surface area contributed by atoms with Crippen LogP contribution in [0.5, 0.6) is 0 Å². The highest BCUT2D eigenvalue weighted by molar-refractivity contribution is 6.35. The van der Waals surface area contributed by atoms with Crippen molar-refractivity contribution in [2.24, 2.45) is 0 Å². The zero-order valence-corrected chi connectivity index (χ0v) is 17.6. The van der Waals surface area contributed by atoms with Gasteiger partial charge in [0.15, 0.2) is 0 Å². The second-order valence-electron chi connectivity index (χ2n) is 7.58. The molecule has 0 atom stereocenters. The fourth-order valence-electron chi connectivity index (χ4n) is 3.56. The zero-order chi connectivity index (χ0) is 22.8. The SMILES string of the molecule is Cc1cc(C)c(C=C2C(=O)Nc3cc(NC(=O)NC(=O)c4ccc(CO)cc4)ccc32)[nH]1. The number of carbonyl (C=O) groups is 3. The maximum absolute atomic E-state index is 12.5. The summed E-state index contributed by atoms with van der Waals surface area (Å²) in [6.45, 7) is 3.80. The molecule has 0 radical (unpaired) electrons. The molecule has 0 bridgehead atoms. The van der Waals surface area contributed by atoms with Crippen LogP contribution in [0.15, 0.2) is 48.5 Å². The van der Waals surface area contributed by atoms with Gasteiger partial charge in [0.05, 0.1) is 17.9 Å². The van der Waals surface area contributed by atoms with E-state index < -0.39 is 11.9 Å². The Morgan fingerprint density at radius 1 is 1.06 bits per heavy atom. The van der Waals surface area contributed by atoms with Crippen molar-refractivity contribution >= 4 is 40.9 Å². The van der Waals surface area contributed by atoms with Crippen molar-refractivity contribution in [1.29, 1.82) is 0 Å². The topological polar surface area (TPSA) is 123 Å². The summed E-state index contributed by atoms with van der Waals surface area (Å²) in [5.41, 5.74) is 6.15. The summed E-state index contributed by atoms with van der Waals surface area (Å²) in [4.78, 5) is 40.2. The quantitative estimate of drug-likeness (QED) is 0.406. The molecule has 0 saturated heterocycles. The summed E-state index contributed by atoms with van der Waals surface area (Å²) in [5, 5.41) is 16.7. The van der Waals surface area contributed by atoms with Crippen molar-refractivity contribution < 1.29 is 19.5 Å². The van der Waals surface area contributed by atoms with Gasteiger partial charge >= 0.3 is 6.03 Å². The van der Waals surface area contributed by atoms with Crippen molar-refractivity contribution in [2.75, 3.05) is 10.6 Å². The predicted molar refractivity (Wildman–Crippen MR) is 122 cm³/mol. The molecule has 1 aliphatic rings. The number of imide groups is 1. The van der Waals surface area contributed by atoms with Crippen LogP contribution < -0.4 is 16.0 Å². The summed E-state index contributed by atoms with van der Waals surface area (Å²) in [6.07, 6.45) is 1.81.